The summed E-state index contributed by atoms with van der Waals surface area (Å²) < 4.78 is 6.05. The highest BCUT2D eigenvalue weighted by atomic mass is 16.5. The van der Waals surface area contributed by atoms with Gasteiger partial charge in [-0.1, -0.05) is 38.5 Å². The molecule has 0 N–H and O–H groups in total. The molecule has 0 spiro atoms. The van der Waals surface area contributed by atoms with Gasteiger partial charge in [-0.25, -0.2) is 0 Å². The van der Waals surface area contributed by atoms with E-state index in [9.17, 15) is 4.79 Å². The predicted octanol–water partition coefficient (Wildman–Crippen LogP) is 2.90. The van der Waals surface area contributed by atoms with Crippen LogP contribution in [0.15, 0.2) is 18.2 Å². The molecule has 1 aliphatic rings. The molecule has 19 heavy (non-hydrogen) atoms. The van der Waals surface area contributed by atoms with Gasteiger partial charge in [-0.05, 0) is 24.0 Å². The third kappa shape index (κ3) is 3.09. The van der Waals surface area contributed by atoms with E-state index in [1.54, 1.807) is 11.8 Å². The van der Waals surface area contributed by atoms with Crippen LogP contribution in [0.4, 0.5) is 0 Å². The average molecular weight is 261 g/mol. The van der Waals surface area contributed by atoms with Gasteiger partial charge in [0.1, 0.15) is 11.9 Å². The number of amides is 1. The molecule has 0 aliphatic carbocycles. The van der Waals surface area contributed by atoms with Gasteiger partial charge in [-0.15, -0.1) is 0 Å². The molecule has 0 unspecified atom stereocenters. The molecule has 3 heteroatoms. The summed E-state index contributed by atoms with van der Waals surface area (Å²) in [5.74, 6) is 1.08. The summed E-state index contributed by atoms with van der Waals surface area (Å²) in [5, 5.41) is 0. The van der Waals surface area contributed by atoms with E-state index in [-0.39, 0.29) is 17.4 Å². The first-order chi connectivity index (χ1) is 8.77. The van der Waals surface area contributed by atoms with Crippen LogP contribution in [0.1, 0.15) is 38.8 Å². The molecule has 104 valence electrons. The van der Waals surface area contributed by atoms with Gasteiger partial charge in [0.25, 0.3) is 0 Å². The Hall–Kier alpha value is -1.51. The first-order valence-electron chi connectivity index (χ1n) is 6.80. The number of benzene rings is 1. The lowest BCUT2D eigenvalue weighted by atomic mass is 9.85. The number of carbonyl (C=O) groups excluding carboxylic acids is 1. The van der Waals surface area contributed by atoms with Crippen LogP contribution in [0.5, 0.6) is 5.75 Å². The van der Waals surface area contributed by atoms with Crippen LogP contribution in [-0.2, 0) is 10.2 Å². The van der Waals surface area contributed by atoms with E-state index in [1.165, 1.54) is 11.1 Å². The van der Waals surface area contributed by atoms with Gasteiger partial charge in [-0.2, -0.15) is 0 Å². The maximum Gasteiger partial charge on any atom is 0.219 e. The van der Waals surface area contributed by atoms with E-state index < -0.39 is 0 Å². The summed E-state index contributed by atoms with van der Waals surface area (Å²) in [7, 11) is 0. The first-order valence-corrected chi connectivity index (χ1v) is 6.80. The summed E-state index contributed by atoms with van der Waals surface area (Å²) in [6, 6.07) is 6.31. The fourth-order valence-electron chi connectivity index (χ4n) is 2.28. The zero-order chi connectivity index (χ0) is 14.2. The van der Waals surface area contributed by atoms with E-state index in [2.05, 4.69) is 39.8 Å². The predicted molar refractivity (Wildman–Crippen MR) is 76.5 cm³/mol. The van der Waals surface area contributed by atoms with Gasteiger partial charge >= 0.3 is 0 Å². The molecule has 1 amide bonds. The Morgan fingerprint density at radius 3 is 2.47 bits per heavy atom. The van der Waals surface area contributed by atoms with Gasteiger partial charge in [0.15, 0.2) is 0 Å². The molecule has 1 saturated heterocycles. The van der Waals surface area contributed by atoms with E-state index >= 15 is 0 Å². The molecule has 0 atom stereocenters. The summed E-state index contributed by atoms with van der Waals surface area (Å²) in [6.07, 6.45) is 0.132. The second-order valence-electron chi connectivity index (χ2n) is 6.41. The Balaban J connectivity index is 2.11. The summed E-state index contributed by atoms with van der Waals surface area (Å²) in [4.78, 5) is 13.0. The molecular formula is C16H23NO2. The third-order valence-corrected chi connectivity index (χ3v) is 3.53. The number of carbonyl (C=O) groups is 1. The van der Waals surface area contributed by atoms with Crippen LogP contribution in [0, 0.1) is 6.92 Å². The minimum Gasteiger partial charge on any atom is -0.486 e. The monoisotopic (exact) mass is 261 g/mol. The van der Waals surface area contributed by atoms with Crippen LogP contribution in [0.3, 0.4) is 0 Å². The molecule has 1 fully saturated rings. The number of hydrogen-bond acceptors (Lipinski definition) is 2. The molecule has 1 aromatic rings. The second kappa shape index (κ2) is 4.87. The normalized spacial score (nSPS) is 16.2. The minimum absolute atomic E-state index is 0.0609. The highest BCUT2D eigenvalue weighted by molar-refractivity contribution is 5.74. The molecule has 0 radical (unpaired) electrons. The highest BCUT2D eigenvalue weighted by Gasteiger charge is 2.31. The Kier molecular flexibility index (Phi) is 3.57. The number of aryl methyl sites for hydroxylation is 1. The van der Waals surface area contributed by atoms with Gasteiger partial charge < -0.3 is 9.64 Å². The first kappa shape index (κ1) is 13.9. The van der Waals surface area contributed by atoms with Crippen molar-refractivity contribution in [1.82, 2.24) is 4.90 Å². The van der Waals surface area contributed by atoms with Crippen LogP contribution < -0.4 is 4.74 Å². The van der Waals surface area contributed by atoms with Crippen molar-refractivity contribution in [3.05, 3.63) is 29.3 Å². The van der Waals surface area contributed by atoms with Gasteiger partial charge in [0, 0.05) is 6.92 Å². The maximum atomic E-state index is 11.2. The lowest BCUT2D eigenvalue weighted by Gasteiger charge is -2.39. The van der Waals surface area contributed by atoms with Crippen LogP contribution in [0.25, 0.3) is 0 Å². The van der Waals surface area contributed by atoms with Crippen molar-refractivity contribution in [2.24, 2.45) is 0 Å². The molecule has 0 bridgehead atoms. The average Bonchev–Trinajstić information content (AvgIpc) is 2.22. The molecule has 1 heterocycles. The Morgan fingerprint density at radius 1 is 1.32 bits per heavy atom. The maximum absolute atomic E-state index is 11.2. The van der Waals surface area contributed by atoms with Gasteiger partial charge in [0.2, 0.25) is 5.91 Å². The lowest BCUT2D eigenvalue weighted by Crippen LogP contribution is -2.55. The van der Waals surface area contributed by atoms with Crippen molar-refractivity contribution in [3.8, 4) is 5.75 Å². The van der Waals surface area contributed by atoms with Crippen molar-refractivity contribution < 1.29 is 9.53 Å². The van der Waals surface area contributed by atoms with E-state index in [0.29, 0.717) is 13.1 Å². The van der Waals surface area contributed by atoms with Crippen LogP contribution >= 0.6 is 0 Å². The summed E-state index contributed by atoms with van der Waals surface area (Å²) in [6.45, 7) is 11.7. The lowest BCUT2D eigenvalue weighted by molar-refractivity contribution is -0.137. The number of hydrogen-bond donors (Lipinski definition) is 0. The SMILES string of the molecule is CC(=O)N1CC(Oc2ccc(C)cc2C(C)(C)C)C1. The fraction of sp³-hybridized carbons (Fsp3) is 0.562. The Labute approximate surface area is 115 Å². The van der Waals surface area contributed by atoms with E-state index in [0.717, 1.165) is 5.75 Å². The number of nitrogens with zero attached hydrogens (tertiary/aromatic N) is 1. The van der Waals surface area contributed by atoms with Crippen molar-refractivity contribution in [2.45, 2.75) is 46.1 Å². The van der Waals surface area contributed by atoms with E-state index in [4.69, 9.17) is 4.74 Å². The minimum atomic E-state index is 0.0609. The van der Waals surface area contributed by atoms with Crippen molar-refractivity contribution in [2.75, 3.05) is 13.1 Å². The third-order valence-electron chi connectivity index (χ3n) is 3.53. The molecule has 1 aromatic carbocycles. The van der Waals surface area contributed by atoms with Crippen LogP contribution in [-0.4, -0.2) is 30.0 Å². The largest absolute Gasteiger partial charge is 0.486 e. The summed E-state index contributed by atoms with van der Waals surface area (Å²) in [5.41, 5.74) is 2.54. The highest BCUT2D eigenvalue weighted by Crippen LogP contribution is 2.33. The molecule has 0 saturated carbocycles. The van der Waals surface area contributed by atoms with Crippen molar-refractivity contribution in [1.29, 1.82) is 0 Å². The molecule has 0 aromatic heterocycles. The van der Waals surface area contributed by atoms with Gasteiger partial charge in [0.05, 0.1) is 13.1 Å². The number of rotatable bonds is 2. The van der Waals surface area contributed by atoms with Crippen LogP contribution in [0.2, 0.25) is 0 Å². The standard InChI is InChI=1S/C16H23NO2/c1-11-6-7-15(14(8-11)16(3,4)5)19-13-9-17(10-13)12(2)18/h6-8,13H,9-10H2,1-5H3. The molecular weight excluding hydrogens is 238 g/mol. The zero-order valence-electron chi connectivity index (χ0n) is 12.5. The van der Waals surface area contributed by atoms with E-state index in [1.807, 2.05) is 6.07 Å². The zero-order valence-corrected chi connectivity index (χ0v) is 12.5. The molecule has 1 aliphatic heterocycles. The smallest absolute Gasteiger partial charge is 0.219 e. The quantitative estimate of drug-likeness (QED) is 0.819. The van der Waals surface area contributed by atoms with Crippen molar-refractivity contribution in [3.63, 3.8) is 0 Å². The Morgan fingerprint density at radius 2 is 1.95 bits per heavy atom. The number of likely N-dealkylation sites (tertiary alicyclic amines) is 1. The van der Waals surface area contributed by atoms with Crippen molar-refractivity contribution >= 4 is 5.91 Å². The Bertz CT molecular complexity index is 482. The topological polar surface area (TPSA) is 29.5 Å². The molecule has 2 rings (SSSR count). The molecule has 3 nitrogen and oxygen atoms in total. The second-order valence-corrected chi connectivity index (χ2v) is 6.41. The fourth-order valence-corrected chi connectivity index (χ4v) is 2.28. The summed E-state index contributed by atoms with van der Waals surface area (Å²) >= 11 is 0. The van der Waals surface area contributed by atoms with Gasteiger partial charge in [-0.3, -0.25) is 4.79 Å². The number of ether oxygens (including phenoxy) is 1.